The van der Waals surface area contributed by atoms with Crippen molar-refractivity contribution in [3.63, 3.8) is 0 Å². The van der Waals surface area contributed by atoms with Crippen molar-refractivity contribution in [2.75, 3.05) is 21.3 Å². The van der Waals surface area contributed by atoms with Crippen molar-refractivity contribution < 1.29 is 14.2 Å². The molecule has 0 amide bonds. The van der Waals surface area contributed by atoms with Crippen molar-refractivity contribution in [3.05, 3.63) is 0 Å². The fourth-order valence-corrected chi connectivity index (χ4v) is 1.66. The highest BCUT2D eigenvalue weighted by Gasteiger charge is 2.33. The summed E-state index contributed by atoms with van der Waals surface area (Å²) in [5.41, 5.74) is 0.312. The number of hydrogen-bond acceptors (Lipinski definition) is 3. The van der Waals surface area contributed by atoms with Crippen LogP contribution in [0.15, 0.2) is 0 Å². The van der Waals surface area contributed by atoms with Gasteiger partial charge < -0.3 is 14.2 Å². The van der Waals surface area contributed by atoms with Crippen LogP contribution in [0.1, 0.15) is 6.92 Å². The molecule has 0 aliphatic carbocycles. The van der Waals surface area contributed by atoms with Crippen molar-refractivity contribution in [1.29, 1.82) is 0 Å². The molecule has 0 aromatic carbocycles. The van der Waals surface area contributed by atoms with E-state index >= 15 is 0 Å². The van der Waals surface area contributed by atoms with E-state index in [4.69, 9.17) is 14.2 Å². The molecule has 0 aromatic rings. The lowest BCUT2D eigenvalue weighted by molar-refractivity contribution is -0.351. The van der Waals surface area contributed by atoms with Crippen LogP contribution in [0.25, 0.3) is 0 Å². The summed E-state index contributed by atoms with van der Waals surface area (Å²) in [5.74, 6) is -0.813. The Labute approximate surface area is 65.1 Å². The summed E-state index contributed by atoms with van der Waals surface area (Å²) in [6, 6.07) is 0. The van der Waals surface area contributed by atoms with Gasteiger partial charge in [-0.15, -0.1) is 0 Å². The minimum absolute atomic E-state index is 0.312. The van der Waals surface area contributed by atoms with Gasteiger partial charge in [0.15, 0.2) is 0 Å². The Morgan fingerprint density at radius 1 is 1.10 bits per heavy atom. The van der Waals surface area contributed by atoms with Crippen LogP contribution in [0.3, 0.4) is 0 Å². The van der Waals surface area contributed by atoms with Crippen LogP contribution in [0.4, 0.5) is 0 Å². The summed E-state index contributed by atoms with van der Waals surface area (Å²) in [7, 11) is 5.73. The second-order valence-electron chi connectivity index (χ2n) is 2.37. The molecule has 10 heavy (non-hydrogen) atoms. The quantitative estimate of drug-likeness (QED) is 0.424. The molecule has 0 saturated carbocycles. The Kier molecular flexibility index (Phi) is 4.11. The Morgan fingerprint density at radius 3 is 1.40 bits per heavy atom. The van der Waals surface area contributed by atoms with Gasteiger partial charge in [-0.3, -0.25) is 0 Å². The highest BCUT2D eigenvalue weighted by molar-refractivity contribution is 6.11. The molecular weight excluding hydrogens is 148 g/mol. The lowest BCUT2D eigenvalue weighted by Crippen LogP contribution is -2.39. The molecule has 0 fully saturated rings. The van der Waals surface area contributed by atoms with E-state index in [0.717, 1.165) is 10.2 Å². The summed E-state index contributed by atoms with van der Waals surface area (Å²) in [4.78, 5) is 0. The number of rotatable bonds is 4. The predicted molar refractivity (Wildman–Crippen MR) is 43.1 cm³/mol. The first-order valence-corrected chi connectivity index (χ1v) is 4.44. The Balaban J connectivity index is 4.15. The van der Waals surface area contributed by atoms with Gasteiger partial charge in [-0.05, 0) is 0 Å². The van der Waals surface area contributed by atoms with Crippen molar-refractivity contribution in [2.45, 2.75) is 18.4 Å². The summed E-state index contributed by atoms with van der Waals surface area (Å²) in [6.07, 6.45) is 0. The fourth-order valence-electron chi connectivity index (χ4n) is 0.957. The van der Waals surface area contributed by atoms with Crippen LogP contribution in [-0.4, -0.2) is 37.5 Å². The van der Waals surface area contributed by atoms with Crippen molar-refractivity contribution >= 4 is 10.2 Å². The average Bonchev–Trinajstić information content (AvgIpc) is 1.92. The van der Waals surface area contributed by atoms with E-state index in [1.807, 2.05) is 6.92 Å². The maximum atomic E-state index is 5.09. The predicted octanol–water partition coefficient (Wildman–Crippen LogP) is -0.247. The molecule has 0 aromatic heterocycles. The van der Waals surface area contributed by atoms with Crippen LogP contribution in [0.5, 0.6) is 0 Å². The van der Waals surface area contributed by atoms with Crippen LogP contribution >= 0.6 is 0 Å². The van der Waals surface area contributed by atoms with Crippen LogP contribution < -0.4 is 0 Å². The molecule has 0 N–H and O–H groups in total. The third-order valence-corrected chi connectivity index (χ3v) is 2.27. The SMILES string of the molecule is COC(OC)(OC)[C@H](C)[SiH3]. The maximum Gasteiger partial charge on any atom is 0.281 e. The van der Waals surface area contributed by atoms with E-state index in [1.54, 1.807) is 21.3 Å². The van der Waals surface area contributed by atoms with E-state index in [1.165, 1.54) is 0 Å². The molecule has 3 nitrogen and oxygen atoms in total. The van der Waals surface area contributed by atoms with Crippen molar-refractivity contribution in [3.8, 4) is 0 Å². The first kappa shape index (κ1) is 10.1. The molecule has 62 valence electrons. The molecule has 0 rings (SSSR count). The zero-order chi connectivity index (χ0) is 8.20. The summed E-state index contributed by atoms with van der Waals surface area (Å²) < 4.78 is 15.3. The molecule has 0 aliphatic heterocycles. The van der Waals surface area contributed by atoms with Gasteiger partial charge in [-0.2, -0.15) is 0 Å². The van der Waals surface area contributed by atoms with E-state index in [9.17, 15) is 0 Å². The zero-order valence-corrected chi connectivity index (χ0v) is 9.30. The molecular formula is C6H16O3Si. The first-order chi connectivity index (χ1) is 4.63. The van der Waals surface area contributed by atoms with Crippen LogP contribution in [0.2, 0.25) is 5.54 Å². The summed E-state index contributed by atoms with van der Waals surface area (Å²) in [5, 5.41) is 0. The van der Waals surface area contributed by atoms with Gasteiger partial charge in [-0.1, -0.05) is 6.92 Å². The van der Waals surface area contributed by atoms with Gasteiger partial charge in [0.05, 0.1) is 0 Å². The minimum atomic E-state index is -0.813. The fraction of sp³-hybridized carbons (Fsp3) is 1.00. The van der Waals surface area contributed by atoms with E-state index in [0.29, 0.717) is 5.54 Å². The highest BCUT2D eigenvalue weighted by Crippen LogP contribution is 2.24. The maximum absolute atomic E-state index is 5.09. The molecule has 0 saturated heterocycles. The first-order valence-electron chi connectivity index (χ1n) is 3.28. The second-order valence-corrected chi connectivity index (χ2v) is 4.10. The van der Waals surface area contributed by atoms with E-state index < -0.39 is 5.97 Å². The summed E-state index contributed by atoms with van der Waals surface area (Å²) in [6.45, 7) is 2.03. The molecule has 0 aliphatic rings. The third-order valence-electron chi connectivity index (χ3n) is 1.56. The van der Waals surface area contributed by atoms with Gasteiger partial charge in [0.25, 0.3) is 5.97 Å². The van der Waals surface area contributed by atoms with Gasteiger partial charge in [0.2, 0.25) is 0 Å². The monoisotopic (exact) mass is 164 g/mol. The molecule has 4 heteroatoms. The molecule has 0 spiro atoms. The highest BCUT2D eigenvalue weighted by atomic mass is 28.1. The lowest BCUT2D eigenvalue weighted by Gasteiger charge is -2.32. The van der Waals surface area contributed by atoms with Crippen LogP contribution in [0, 0.1) is 0 Å². The van der Waals surface area contributed by atoms with Gasteiger partial charge in [0, 0.05) is 37.1 Å². The second kappa shape index (κ2) is 4.08. The van der Waals surface area contributed by atoms with Crippen LogP contribution in [-0.2, 0) is 14.2 Å². The third kappa shape index (κ3) is 1.79. The average molecular weight is 164 g/mol. The minimum Gasteiger partial charge on any atom is -0.331 e. The number of methoxy groups -OCH3 is 3. The van der Waals surface area contributed by atoms with Crippen molar-refractivity contribution in [1.82, 2.24) is 0 Å². The Hall–Kier alpha value is 0.0969. The topological polar surface area (TPSA) is 27.7 Å². The Bertz CT molecular complexity index is 82.7. The normalized spacial score (nSPS) is 15.6. The van der Waals surface area contributed by atoms with Gasteiger partial charge >= 0.3 is 0 Å². The largest absolute Gasteiger partial charge is 0.331 e. The van der Waals surface area contributed by atoms with E-state index in [-0.39, 0.29) is 0 Å². The van der Waals surface area contributed by atoms with E-state index in [2.05, 4.69) is 0 Å². The van der Waals surface area contributed by atoms with Gasteiger partial charge in [-0.25, -0.2) is 0 Å². The smallest absolute Gasteiger partial charge is 0.281 e. The molecule has 0 bridgehead atoms. The summed E-state index contributed by atoms with van der Waals surface area (Å²) >= 11 is 0. The molecule has 0 unspecified atom stereocenters. The number of ether oxygens (including phenoxy) is 3. The molecule has 1 atom stereocenters. The molecule has 0 radical (unpaired) electrons. The zero-order valence-electron chi connectivity index (χ0n) is 7.30. The molecule has 0 heterocycles. The standard InChI is InChI=1S/C6H16O3Si/c1-5(10)6(7-2,8-3)9-4/h5H,1-4,10H3/t5-/m0/s1. The lowest BCUT2D eigenvalue weighted by atomic mass is 10.4. The number of hydrogen-bond donors (Lipinski definition) is 0. The van der Waals surface area contributed by atoms with Gasteiger partial charge in [0.1, 0.15) is 0 Å². The Morgan fingerprint density at radius 2 is 1.40 bits per heavy atom. The van der Waals surface area contributed by atoms with Crippen molar-refractivity contribution in [2.24, 2.45) is 0 Å².